The van der Waals surface area contributed by atoms with E-state index in [0.29, 0.717) is 42.6 Å². The van der Waals surface area contributed by atoms with Crippen LogP contribution in [0.3, 0.4) is 0 Å². The largest absolute Gasteiger partial charge is 0.490 e. The molecule has 2 aromatic carbocycles. The Kier molecular flexibility index (Phi) is 9.40. The van der Waals surface area contributed by atoms with Gasteiger partial charge in [-0.1, -0.05) is 13.0 Å². The molecule has 182 valence electrons. The van der Waals surface area contributed by atoms with Gasteiger partial charge in [-0.25, -0.2) is 8.42 Å². The summed E-state index contributed by atoms with van der Waals surface area (Å²) in [6.07, 6.45) is 0.911. The molecule has 0 saturated carbocycles. The Labute approximate surface area is 196 Å². The van der Waals surface area contributed by atoms with Crippen LogP contribution in [0, 0.1) is 0 Å². The molecule has 2 aromatic rings. The standard InChI is InChI=1S/C24H34N2O6S/c1-7-21(32-20-13-11-19(12-14-20)26(5)33(6,28)29)24(27)25-17(4)18-10-15-22(30-8-2)23(16-18)31-9-3/h10-17,21H,7-9H2,1-6H3,(H,25,27)/t17-,21+/m1/s1. The Bertz CT molecular complexity index is 1020. The van der Waals surface area contributed by atoms with Gasteiger partial charge in [0.25, 0.3) is 5.91 Å². The molecule has 33 heavy (non-hydrogen) atoms. The van der Waals surface area contributed by atoms with Crippen LogP contribution in [-0.2, 0) is 14.8 Å². The van der Waals surface area contributed by atoms with Crippen LogP contribution in [-0.4, -0.2) is 46.9 Å². The lowest BCUT2D eigenvalue weighted by Crippen LogP contribution is -2.39. The quantitative estimate of drug-likeness (QED) is 0.497. The third-order valence-corrected chi connectivity index (χ3v) is 6.27. The minimum Gasteiger partial charge on any atom is -0.490 e. The first-order valence-corrected chi connectivity index (χ1v) is 12.9. The first-order chi connectivity index (χ1) is 15.6. The normalized spacial score (nSPS) is 13.0. The summed E-state index contributed by atoms with van der Waals surface area (Å²) in [7, 11) is -1.87. The van der Waals surface area contributed by atoms with Crippen molar-refractivity contribution in [3.8, 4) is 17.2 Å². The molecule has 1 N–H and O–H groups in total. The summed E-state index contributed by atoms with van der Waals surface area (Å²) in [5.41, 5.74) is 1.40. The minimum atomic E-state index is -3.35. The van der Waals surface area contributed by atoms with Crippen molar-refractivity contribution < 1.29 is 27.4 Å². The van der Waals surface area contributed by atoms with E-state index in [-0.39, 0.29) is 11.9 Å². The highest BCUT2D eigenvalue weighted by Gasteiger charge is 2.22. The fraction of sp³-hybridized carbons (Fsp3) is 0.458. The first-order valence-electron chi connectivity index (χ1n) is 11.0. The SMILES string of the molecule is CCOc1ccc([C@@H](C)NC(=O)[C@H](CC)Oc2ccc(N(C)S(C)(=O)=O)cc2)cc1OCC. The summed E-state index contributed by atoms with van der Waals surface area (Å²) < 4.78 is 41.7. The van der Waals surface area contributed by atoms with Crippen molar-refractivity contribution in [2.45, 2.75) is 46.3 Å². The average Bonchev–Trinajstić information content (AvgIpc) is 2.78. The van der Waals surface area contributed by atoms with E-state index in [1.54, 1.807) is 24.3 Å². The summed E-state index contributed by atoms with van der Waals surface area (Å²) in [5.74, 6) is 1.55. The molecule has 0 unspecified atom stereocenters. The van der Waals surface area contributed by atoms with E-state index in [1.807, 2.05) is 45.9 Å². The molecule has 8 nitrogen and oxygen atoms in total. The van der Waals surface area contributed by atoms with Gasteiger partial charge in [0.05, 0.1) is 31.2 Å². The molecule has 0 saturated heterocycles. The number of rotatable bonds is 12. The van der Waals surface area contributed by atoms with Crippen molar-refractivity contribution in [2.75, 3.05) is 30.8 Å². The molecule has 1 amide bonds. The number of nitrogens with one attached hydrogen (secondary N) is 1. The van der Waals surface area contributed by atoms with E-state index in [9.17, 15) is 13.2 Å². The molecule has 9 heteroatoms. The molecule has 0 fully saturated rings. The van der Waals surface area contributed by atoms with Crippen LogP contribution in [0.4, 0.5) is 5.69 Å². The van der Waals surface area contributed by atoms with Crippen molar-refractivity contribution in [1.82, 2.24) is 5.32 Å². The maximum atomic E-state index is 12.9. The van der Waals surface area contributed by atoms with Crippen molar-refractivity contribution in [3.63, 3.8) is 0 Å². The molecule has 0 aliphatic carbocycles. The Balaban J connectivity index is 2.07. The number of carbonyl (C=O) groups is 1. The van der Waals surface area contributed by atoms with Crippen molar-refractivity contribution in [1.29, 1.82) is 0 Å². The Morgan fingerprint density at radius 3 is 2.15 bits per heavy atom. The highest BCUT2D eigenvalue weighted by atomic mass is 32.2. The van der Waals surface area contributed by atoms with E-state index in [0.717, 1.165) is 11.8 Å². The van der Waals surface area contributed by atoms with Gasteiger partial charge in [-0.2, -0.15) is 0 Å². The van der Waals surface area contributed by atoms with Crippen molar-refractivity contribution >= 4 is 21.6 Å². The third kappa shape index (κ3) is 7.28. The number of benzene rings is 2. The molecular weight excluding hydrogens is 444 g/mol. The van der Waals surface area contributed by atoms with Gasteiger partial charge in [0.15, 0.2) is 17.6 Å². The van der Waals surface area contributed by atoms with E-state index in [2.05, 4.69) is 5.32 Å². The number of hydrogen-bond acceptors (Lipinski definition) is 6. The number of nitrogens with zero attached hydrogens (tertiary/aromatic N) is 1. The molecule has 0 bridgehead atoms. The second kappa shape index (κ2) is 11.8. The van der Waals surface area contributed by atoms with Gasteiger partial charge in [0.1, 0.15) is 5.75 Å². The van der Waals surface area contributed by atoms with Crippen LogP contribution in [0.1, 0.15) is 45.7 Å². The maximum absolute atomic E-state index is 12.9. The predicted octanol–water partition coefficient (Wildman–Crippen LogP) is 3.91. The highest BCUT2D eigenvalue weighted by molar-refractivity contribution is 7.92. The lowest BCUT2D eigenvalue weighted by atomic mass is 10.1. The van der Waals surface area contributed by atoms with Gasteiger partial charge < -0.3 is 19.5 Å². The second-order valence-corrected chi connectivity index (χ2v) is 9.56. The first kappa shape index (κ1) is 26.3. The van der Waals surface area contributed by atoms with Crippen LogP contribution in [0.5, 0.6) is 17.2 Å². The fourth-order valence-electron chi connectivity index (χ4n) is 3.14. The number of hydrogen-bond donors (Lipinski definition) is 1. The van der Waals surface area contributed by atoms with Gasteiger partial charge in [-0.15, -0.1) is 0 Å². The van der Waals surface area contributed by atoms with Crippen LogP contribution >= 0.6 is 0 Å². The number of amides is 1. The molecule has 0 aliphatic rings. The summed E-state index contributed by atoms with van der Waals surface area (Å²) in [6, 6.07) is 11.9. The number of carbonyl (C=O) groups excluding carboxylic acids is 1. The Morgan fingerprint density at radius 1 is 1.00 bits per heavy atom. The van der Waals surface area contributed by atoms with E-state index in [4.69, 9.17) is 14.2 Å². The Morgan fingerprint density at radius 2 is 1.61 bits per heavy atom. The molecule has 0 aliphatic heterocycles. The molecule has 0 spiro atoms. The van der Waals surface area contributed by atoms with Crippen LogP contribution in [0.25, 0.3) is 0 Å². The van der Waals surface area contributed by atoms with Crippen LogP contribution in [0.15, 0.2) is 42.5 Å². The smallest absolute Gasteiger partial charge is 0.261 e. The van der Waals surface area contributed by atoms with Gasteiger partial charge in [0, 0.05) is 7.05 Å². The highest BCUT2D eigenvalue weighted by Crippen LogP contribution is 2.31. The van der Waals surface area contributed by atoms with Crippen LogP contribution < -0.4 is 23.8 Å². The Hall–Kier alpha value is -2.94. The third-order valence-electron chi connectivity index (χ3n) is 5.07. The van der Waals surface area contributed by atoms with Gasteiger partial charge in [-0.3, -0.25) is 9.10 Å². The molecule has 0 radical (unpaired) electrons. The van der Waals surface area contributed by atoms with Gasteiger partial charge >= 0.3 is 0 Å². The summed E-state index contributed by atoms with van der Waals surface area (Å²) in [4.78, 5) is 12.9. The predicted molar refractivity (Wildman–Crippen MR) is 130 cm³/mol. The fourth-order valence-corrected chi connectivity index (χ4v) is 3.64. The zero-order valence-corrected chi connectivity index (χ0v) is 20.9. The number of anilines is 1. The minimum absolute atomic E-state index is 0.242. The van der Waals surface area contributed by atoms with Gasteiger partial charge in [-0.05, 0) is 69.2 Å². The number of ether oxygens (including phenoxy) is 3. The molecule has 0 heterocycles. The summed E-state index contributed by atoms with van der Waals surface area (Å²) in [6.45, 7) is 8.62. The average molecular weight is 479 g/mol. The zero-order chi connectivity index (χ0) is 24.6. The maximum Gasteiger partial charge on any atom is 0.261 e. The monoisotopic (exact) mass is 478 g/mol. The zero-order valence-electron chi connectivity index (χ0n) is 20.1. The lowest BCUT2D eigenvalue weighted by Gasteiger charge is -2.22. The number of sulfonamides is 1. The summed E-state index contributed by atoms with van der Waals surface area (Å²) in [5, 5.41) is 2.99. The summed E-state index contributed by atoms with van der Waals surface area (Å²) >= 11 is 0. The molecule has 0 aromatic heterocycles. The van der Waals surface area contributed by atoms with Crippen molar-refractivity contribution in [2.24, 2.45) is 0 Å². The topological polar surface area (TPSA) is 94.2 Å². The van der Waals surface area contributed by atoms with E-state index >= 15 is 0 Å². The lowest BCUT2D eigenvalue weighted by molar-refractivity contribution is -0.128. The van der Waals surface area contributed by atoms with Crippen molar-refractivity contribution in [3.05, 3.63) is 48.0 Å². The second-order valence-electron chi connectivity index (χ2n) is 7.54. The molecular formula is C24H34N2O6S. The molecule has 2 rings (SSSR count). The molecule has 2 atom stereocenters. The van der Waals surface area contributed by atoms with E-state index in [1.165, 1.54) is 11.4 Å². The van der Waals surface area contributed by atoms with Crippen LogP contribution in [0.2, 0.25) is 0 Å². The van der Waals surface area contributed by atoms with E-state index < -0.39 is 16.1 Å². The van der Waals surface area contributed by atoms with Gasteiger partial charge in [0.2, 0.25) is 10.0 Å².